The summed E-state index contributed by atoms with van der Waals surface area (Å²) in [6.07, 6.45) is 9.97. The number of allylic oxidation sites excluding steroid dienone is 1. The molecular formula is C30H45N5O5. The summed E-state index contributed by atoms with van der Waals surface area (Å²) in [5.41, 5.74) is -0.143. The molecule has 3 rings (SSSR count). The molecule has 1 saturated heterocycles. The monoisotopic (exact) mass is 555 g/mol. The Morgan fingerprint density at radius 3 is 2.20 bits per heavy atom. The van der Waals surface area contributed by atoms with Crippen molar-refractivity contribution in [2.45, 2.75) is 76.9 Å². The number of Topliss-reactive ketones (excluding diaryl/α,β-unsaturated/α-hetero) is 1. The van der Waals surface area contributed by atoms with Gasteiger partial charge >= 0.3 is 6.03 Å². The molecule has 2 aliphatic carbocycles. The van der Waals surface area contributed by atoms with Crippen molar-refractivity contribution in [3.8, 4) is 0 Å². The zero-order valence-corrected chi connectivity index (χ0v) is 23.9. The summed E-state index contributed by atoms with van der Waals surface area (Å²) in [6, 6.07) is -3.06. The Morgan fingerprint density at radius 1 is 0.925 bits per heavy atom. The van der Waals surface area contributed by atoms with Crippen molar-refractivity contribution < 1.29 is 24.0 Å². The molecule has 5 amide bonds. The van der Waals surface area contributed by atoms with Crippen molar-refractivity contribution in [3.05, 3.63) is 38.0 Å². The molecule has 0 aromatic carbocycles. The van der Waals surface area contributed by atoms with Gasteiger partial charge in [-0.2, -0.15) is 0 Å². The van der Waals surface area contributed by atoms with E-state index in [1.165, 1.54) is 6.08 Å². The predicted molar refractivity (Wildman–Crippen MR) is 153 cm³/mol. The number of rotatable bonds is 14. The lowest BCUT2D eigenvalue weighted by atomic mass is 9.83. The van der Waals surface area contributed by atoms with E-state index in [9.17, 15) is 24.0 Å². The molecule has 3 fully saturated rings. The van der Waals surface area contributed by atoms with E-state index in [1.54, 1.807) is 17.1 Å². The minimum absolute atomic E-state index is 0.0279. The molecule has 0 aromatic rings. The maximum absolute atomic E-state index is 14.1. The zero-order valence-electron chi connectivity index (χ0n) is 23.9. The Balaban J connectivity index is 1.83. The number of ketones is 1. The number of carbonyl (C=O) groups is 5. The molecule has 5 atom stereocenters. The Morgan fingerprint density at radius 2 is 1.57 bits per heavy atom. The van der Waals surface area contributed by atoms with Crippen LogP contribution in [0.15, 0.2) is 38.0 Å². The maximum atomic E-state index is 14.1. The van der Waals surface area contributed by atoms with Gasteiger partial charge in [0, 0.05) is 19.6 Å². The molecule has 0 radical (unpaired) electrons. The van der Waals surface area contributed by atoms with Crippen LogP contribution in [0.3, 0.4) is 0 Å². The van der Waals surface area contributed by atoms with Gasteiger partial charge in [-0.3, -0.25) is 19.2 Å². The van der Waals surface area contributed by atoms with E-state index < -0.39 is 41.8 Å². The molecule has 1 aliphatic heterocycles. The summed E-state index contributed by atoms with van der Waals surface area (Å²) >= 11 is 0. The highest BCUT2D eigenvalue weighted by Crippen LogP contribution is 2.65. The summed E-state index contributed by atoms with van der Waals surface area (Å²) in [5, 5.41) is 10.8. The highest BCUT2D eigenvalue weighted by molar-refractivity contribution is 6.38. The second kappa shape index (κ2) is 13.8. The van der Waals surface area contributed by atoms with Crippen molar-refractivity contribution in [2.75, 3.05) is 19.6 Å². The van der Waals surface area contributed by atoms with Crippen LogP contribution < -0.4 is 21.3 Å². The van der Waals surface area contributed by atoms with Gasteiger partial charge in [0.25, 0.3) is 5.91 Å². The number of hydrogen-bond donors (Lipinski definition) is 4. The van der Waals surface area contributed by atoms with Crippen LogP contribution in [0, 0.1) is 23.2 Å². The van der Waals surface area contributed by atoms with Crippen LogP contribution in [0.1, 0.15) is 58.8 Å². The van der Waals surface area contributed by atoms with E-state index in [0.717, 1.165) is 32.1 Å². The van der Waals surface area contributed by atoms with Crippen LogP contribution in [-0.4, -0.2) is 72.2 Å². The van der Waals surface area contributed by atoms with Gasteiger partial charge < -0.3 is 26.2 Å². The lowest BCUT2D eigenvalue weighted by Crippen LogP contribution is -2.60. The molecule has 40 heavy (non-hydrogen) atoms. The number of likely N-dealkylation sites (tertiary alicyclic amines) is 1. The predicted octanol–water partition coefficient (Wildman–Crippen LogP) is 2.23. The van der Waals surface area contributed by atoms with E-state index in [-0.39, 0.29) is 48.6 Å². The number of urea groups is 1. The molecule has 2 saturated carbocycles. The Labute approximate surface area is 237 Å². The second-order valence-corrected chi connectivity index (χ2v) is 11.7. The first-order valence-electron chi connectivity index (χ1n) is 14.4. The van der Waals surface area contributed by atoms with Crippen LogP contribution >= 0.6 is 0 Å². The van der Waals surface area contributed by atoms with Crippen LogP contribution in [0.5, 0.6) is 0 Å². The summed E-state index contributed by atoms with van der Waals surface area (Å²) in [5.74, 6) is -2.26. The summed E-state index contributed by atoms with van der Waals surface area (Å²) in [4.78, 5) is 67.4. The number of fused-ring (bicyclic) bond motifs is 1. The van der Waals surface area contributed by atoms with Crippen molar-refractivity contribution in [2.24, 2.45) is 23.2 Å². The van der Waals surface area contributed by atoms with Gasteiger partial charge in [0.2, 0.25) is 17.6 Å². The lowest BCUT2D eigenvalue weighted by molar-refractivity contribution is -0.144. The normalized spacial score (nSPS) is 24.4. The third kappa shape index (κ3) is 7.01. The molecular weight excluding hydrogens is 510 g/mol. The minimum Gasteiger partial charge on any atom is -0.346 e. The fourth-order valence-corrected chi connectivity index (χ4v) is 6.42. The molecule has 1 unspecified atom stereocenters. The SMILES string of the molecule is C=CCC[C@@H](NC(=O)[C@@H]1[C@@H]2C(CN1C(=O)[C@@H](NC(=O)NCC=C)C1CCCCC1)C2(C)C)C(=O)C(=O)NCC=C. The molecule has 0 spiro atoms. The molecule has 1 heterocycles. The average Bonchev–Trinajstić information content (AvgIpc) is 3.26. The fraction of sp³-hybridized carbons (Fsp3) is 0.633. The maximum Gasteiger partial charge on any atom is 0.315 e. The van der Waals surface area contributed by atoms with Gasteiger partial charge in [-0.25, -0.2) is 4.79 Å². The third-order valence-electron chi connectivity index (χ3n) is 8.76. The highest BCUT2D eigenvalue weighted by atomic mass is 16.2. The first-order chi connectivity index (χ1) is 19.1. The van der Waals surface area contributed by atoms with Crippen LogP contribution in [-0.2, 0) is 19.2 Å². The van der Waals surface area contributed by atoms with E-state index >= 15 is 0 Å². The molecule has 0 bridgehead atoms. The van der Waals surface area contributed by atoms with E-state index in [0.29, 0.717) is 13.0 Å². The fourth-order valence-electron chi connectivity index (χ4n) is 6.42. The number of nitrogens with one attached hydrogen (secondary N) is 4. The van der Waals surface area contributed by atoms with Crippen LogP contribution in [0.25, 0.3) is 0 Å². The summed E-state index contributed by atoms with van der Waals surface area (Å²) < 4.78 is 0. The minimum atomic E-state index is -1.05. The van der Waals surface area contributed by atoms with E-state index in [2.05, 4.69) is 54.9 Å². The van der Waals surface area contributed by atoms with E-state index in [1.807, 2.05) is 0 Å². The van der Waals surface area contributed by atoms with Crippen molar-refractivity contribution >= 4 is 29.5 Å². The average molecular weight is 556 g/mol. The third-order valence-corrected chi connectivity index (χ3v) is 8.76. The van der Waals surface area contributed by atoms with E-state index in [4.69, 9.17) is 0 Å². The molecule has 3 aliphatic rings. The molecule has 220 valence electrons. The zero-order chi connectivity index (χ0) is 29.4. The first-order valence-corrected chi connectivity index (χ1v) is 14.4. The number of piperidine rings is 1. The first kappa shape index (κ1) is 31.1. The van der Waals surface area contributed by atoms with Gasteiger partial charge in [-0.1, -0.05) is 51.3 Å². The topological polar surface area (TPSA) is 137 Å². The Bertz CT molecular complexity index is 1020. The lowest BCUT2D eigenvalue weighted by Gasteiger charge is -2.37. The summed E-state index contributed by atoms with van der Waals surface area (Å²) in [7, 11) is 0. The van der Waals surface area contributed by atoms with Crippen molar-refractivity contribution in [1.82, 2.24) is 26.2 Å². The smallest absolute Gasteiger partial charge is 0.315 e. The molecule has 0 aromatic heterocycles. The molecule has 10 heteroatoms. The Kier molecular flexibility index (Phi) is 10.7. The quantitative estimate of drug-likeness (QED) is 0.192. The summed E-state index contributed by atoms with van der Waals surface area (Å²) in [6.45, 7) is 15.8. The molecule has 4 N–H and O–H groups in total. The Hall–Kier alpha value is -3.43. The second-order valence-electron chi connectivity index (χ2n) is 11.7. The molecule has 10 nitrogen and oxygen atoms in total. The van der Waals surface area contributed by atoms with Gasteiger partial charge in [-0.15, -0.1) is 19.7 Å². The standard InChI is InChI=1S/C30H45N5O5/c1-6-9-15-21(25(36)27(38)31-16-7-2)33-26(37)24-22-20(30(22,4)5)18-35(24)28(39)23(19-13-11-10-12-14-19)34-29(40)32-17-8-3/h6-8,19-24H,1-3,9-18H2,4-5H3,(H,31,38)(H,33,37)(H2,32,34,40)/t20?,21-,22+,23+,24+/m1/s1. The van der Waals surface area contributed by atoms with Crippen LogP contribution in [0.4, 0.5) is 4.79 Å². The number of amides is 5. The van der Waals surface area contributed by atoms with Crippen molar-refractivity contribution in [1.29, 1.82) is 0 Å². The van der Waals surface area contributed by atoms with Gasteiger partial charge in [0.1, 0.15) is 12.1 Å². The number of hydrogen-bond acceptors (Lipinski definition) is 5. The number of nitrogens with zero attached hydrogens (tertiary/aromatic N) is 1. The number of carbonyl (C=O) groups excluding carboxylic acids is 5. The highest BCUT2D eigenvalue weighted by Gasteiger charge is 2.69. The van der Waals surface area contributed by atoms with Gasteiger partial charge in [0.05, 0.1) is 6.04 Å². The largest absolute Gasteiger partial charge is 0.346 e. The van der Waals surface area contributed by atoms with Gasteiger partial charge in [-0.05, 0) is 48.9 Å². The van der Waals surface area contributed by atoms with Gasteiger partial charge in [0.15, 0.2) is 0 Å². The van der Waals surface area contributed by atoms with Crippen LogP contribution in [0.2, 0.25) is 0 Å². The van der Waals surface area contributed by atoms with Crippen molar-refractivity contribution in [3.63, 3.8) is 0 Å².